The summed E-state index contributed by atoms with van der Waals surface area (Å²) < 4.78 is 47.5. The second-order valence-corrected chi connectivity index (χ2v) is 15.3. The van der Waals surface area contributed by atoms with E-state index in [0.717, 1.165) is 0 Å². The number of hydrogen-bond donors (Lipinski definition) is 2. The molecule has 14 heteroatoms. The number of carbonyl (C=O) groups excluding carboxylic acids is 2. The van der Waals surface area contributed by atoms with E-state index in [1.165, 1.54) is 0 Å². The molecule has 0 radical (unpaired) electrons. The van der Waals surface area contributed by atoms with E-state index in [9.17, 15) is 9.59 Å². The number of rotatable bonds is 12. The van der Waals surface area contributed by atoms with Crippen LogP contribution >= 0.6 is 0 Å². The van der Waals surface area contributed by atoms with Crippen molar-refractivity contribution >= 4 is 11.8 Å². The first-order chi connectivity index (χ1) is 23.5. The summed E-state index contributed by atoms with van der Waals surface area (Å²) >= 11 is 0. The number of hydrogen-bond acceptors (Lipinski definition) is 12. The third-order valence-corrected chi connectivity index (χ3v) is 9.58. The Hall–Kier alpha value is -2.24. The zero-order valence-electron chi connectivity index (χ0n) is 31.1. The molecular formula is C36H58N4O10. The molecule has 1 aromatic rings. The number of benzene rings is 1. The molecule has 2 amide bonds. The Morgan fingerprint density at radius 3 is 0.940 bits per heavy atom. The molecule has 0 aromatic heterocycles. The number of nitrogens with one attached hydrogen (secondary N) is 2. The Bertz CT molecular complexity index is 1100. The second kappa shape index (κ2) is 16.2. The van der Waals surface area contributed by atoms with Crippen LogP contribution in [0.5, 0.6) is 0 Å². The van der Waals surface area contributed by atoms with Gasteiger partial charge in [-0.05, 0) is 79.7 Å². The average Bonchev–Trinajstić information content (AvgIpc) is 3.06. The van der Waals surface area contributed by atoms with Gasteiger partial charge in [0, 0.05) is 37.3 Å². The van der Waals surface area contributed by atoms with Gasteiger partial charge in [-0.15, -0.1) is 0 Å². The lowest BCUT2D eigenvalue weighted by atomic mass is 10.1. The van der Waals surface area contributed by atoms with E-state index in [4.69, 9.17) is 37.9 Å². The smallest absolute Gasteiger partial charge is 0.251 e. The molecule has 0 bridgehead atoms. The Morgan fingerprint density at radius 2 is 0.720 bits per heavy atom. The minimum atomic E-state index is -0.629. The number of amides is 2. The molecule has 0 unspecified atom stereocenters. The molecule has 14 nitrogen and oxygen atoms in total. The fraction of sp³-hybridized carbons (Fsp3) is 0.778. The van der Waals surface area contributed by atoms with Gasteiger partial charge in [0.15, 0.2) is 23.1 Å². The lowest BCUT2D eigenvalue weighted by Crippen LogP contribution is -2.59. The molecule has 50 heavy (non-hydrogen) atoms. The minimum absolute atomic E-state index is 0.00354. The maximum atomic E-state index is 13.1. The van der Waals surface area contributed by atoms with Crippen LogP contribution in [0.1, 0.15) is 76.1 Å². The van der Waals surface area contributed by atoms with Crippen molar-refractivity contribution < 1.29 is 47.5 Å². The lowest BCUT2D eigenvalue weighted by Gasteiger charge is -2.46. The average molecular weight is 707 g/mol. The number of ether oxygens (including phenoxy) is 8. The second-order valence-electron chi connectivity index (χ2n) is 15.3. The molecule has 0 spiro atoms. The summed E-state index contributed by atoms with van der Waals surface area (Å²) in [5.74, 6) is -2.95. The molecular weight excluding hydrogens is 648 g/mol. The highest BCUT2D eigenvalue weighted by Crippen LogP contribution is 2.27. The van der Waals surface area contributed by atoms with E-state index in [-0.39, 0.29) is 36.0 Å². The lowest BCUT2D eigenvalue weighted by molar-refractivity contribution is -0.288. The van der Waals surface area contributed by atoms with Crippen molar-refractivity contribution in [2.45, 2.75) is 103 Å². The van der Waals surface area contributed by atoms with E-state index in [0.29, 0.717) is 90.2 Å². The fourth-order valence-electron chi connectivity index (χ4n) is 6.40. The van der Waals surface area contributed by atoms with Crippen LogP contribution in [0.3, 0.4) is 0 Å². The summed E-state index contributed by atoms with van der Waals surface area (Å²) in [5.41, 5.74) is 0.939. The molecule has 4 aliphatic rings. The van der Waals surface area contributed by atoms with Crippen LogP contribution in [0.25, 0.3) is 0 Å². The first-order valence-electron chi connectivity index (χ1n) is 17.8. The van der Waals surface area contributed by atoms with E-state index < -0.39 is 23.1 Å². The highest BCUT2D eigenvalue weighted by atomic mass is 16.7. The molecule has 2 N–H and O–H groups in total. The van der Waals surface area contributed by atoms with E-state index >= 15 is 0 Å². The van der Waals surface area contributed by atoms with Gasteiger partial charge in [0.05, 0.1) is 77.0 Å². The predicted octanol–water partition coefficient (Wildman–Crippen LogP) is 2.36. The molecule has 0 aliphatic carbocycles. The van der Waals surface area contributed by atoms with Crippen LogP contribution in [0.15, 0.2) is 24.3 Å². The predicted molar refractivity (Wildman–Crippen MR) is 184 cm³/mol. The van der Waals surface area contributed by atoms with Gasteiger partial charge >= 0.3 is 0 Å². The van der Waals surface area contributed by atoms with Gasteiger partial charge in [0.25, 0.3) is 11.8 Å². The van der Waals surface area contributed by atoms with Crippen LogP contribution in [-0.2, 0) is 37.9 Å². The van der Waals surface area contributed by atoms with Crippen molar-refractivity contribution in [1.29, 1.82) is 0 Å². The summed E-state index contributed by atoms with van der Waals surface area (Å²) in [7, 11) is 0. The molecule has 5 rings (SSSR count). The highest BCUT2D eigenvalue weighted by molar-refractivity contribution is 5.97. The molecule has 0 atom stereocenters. The Labute approximate surface area is 296 Å². The maximum absolute atomic E-state index is 13.1. The van der Waals surface area contributed by atoms with E-state index in [1.807, 2.05) is 55.4 Å². The normalized spacial score (nSPS) is 24.7. The SMILES string of the molecule is CC1(C)OCC(N(CCNC(=O)c2ccc(C(=O)NCCN(C3COC(C)(C)OC3)C3COC(C)(C)OC3)cc2)C2COC(C)(C)OC2)CO1. The van der Waals surface area contributed by atoms with Crippen LogP contribution in [-0.4, -0.2) is 148 Å². The van der Waals surface area contributed by atoms with Crippen molar-refractivity contribution in [3.05, 3.63) is 35.4 Å². The quantitative estimate of drug-likeness (QED) is 0.330. The van der Waals surface area contributed by atoms with Crippen LogP contribution in [0, 0.1) is 0 Å². The third-order valence-electron chi connectivity index (χ3n) is 9.58. The summed E-state index contributed by atoms with van der Waals surface area (Å²) in [6, 6.07) is 6.66. The number of nitrogens with zero attached hydrogens (tertiary/aromatic N) is 2. The zero-order valence-corrected chi connectivity index (χ0v) is 31.1. The molecule has 4 aliphatic heterocycles. The standard InChI is InChI=1S/C36H58N4O10/c1-33(2)43-17-27(18-44-33)39(28-19-45-34(3,4)46-20-28)15-13-37-31(41)25-9-11-26(12-10-25)32(42)38-14-16-40(29-21-47-35(5,6)48-22-29)30-23-49-36(7,8)50-24-30/h9-12,27-30H,13-24H2,1-8H3,(H,37,41)(H,38,42). The van der Waals surface area contributed by atoms with Crippen LogP contribution in [0.2, 0.25) is 0 Å². The molecule has 4 heterocycles. The molecule has 282 valence electrons. The van der Waals surface area contributed by atoms with Crippen LogP contribution < -0.4 is 10.6 Å². The Balaban J connectivity index is 1.10. The monoisotopic (exact) mass is 706 g/mol. The van der Waals surface area contributed by atoms with Gasteiger partial charge in [-0.3, -0.25) is 19.4 Å². The summed E-state index contributed by atoms with van der Waals surface area (Å²) in [6.45, 7) is 21.2. The third kappa shape index (κ3) is 10.9. The van der Waals surface area contributed by atoms with E-state index in [2.05, 4.69) is 20.4 Å². The van der Waals surface area contributed by atoms with Crippen LogP contribution in [0.4, 0.5) is 0 Å². The number of carbonyl (C=O) groups is 2. The van der Waals surface area contributed by atoms with Gasteiger partial charge < -0.3 is 48.5 Å². The summed E-state index contributed by atoms with van der Waals surface area (Å²) in [5, 5.41) is 6.03. The van der Waals surface area contributed by atoms with Crippen molar-refractivity contribution in [1.82, 2.24) is 20.4 Å². The van der Waals surface area contributed by atoms with Crippen molar-refractivity contribution in [2.75, 3.05) is 79.0 Å². The van der Waals surface area contributed by atoms with Crippen molar-refractivity contribution in [3.63, 3.8) is 0 Å². The zero-order chi connectivity index (χ0) is 36.2. The van der Waals surface area contributed by atoms with Crippen molar-refractivity contribution in [2.24, 2.45) is 0 Å². The molecule has 4 saturated heterocycles. The Morgan fingerprint density at radius 1 is 0.500 bits per heavy atom. The van der Waals surface area contributed by atoms with Crippen molar-refractivity contribution in [3.8, 4) is 0 Å². The highest BCUT2D eigenvalue weighted by Gasteiger charge is 2.40. The first-order valence-corrected chi connectivity index (χ1v) is 17.8. The largest absolute Gasteiger partial charge is 0.351 e. The van der Waals surface area contributed by atoms with E-state index in [1.54, 1.807) is 24.3 Å². The van der Waals surface area contributed by atoms with Gasteiger partial charge in [-0.25, -0.2) is 0 Å². The minimum Gasteiger partial charge on any atom is -0.351 e. The maximum Gasteiger partial charge on any atom is 0.251 e. The summed E-state index contributed by atoms with van der Waals surface area (Å²) in [4.78, 5) is 30.6. The fourth-order valence-corrected chi connectivity index (χ4v) is 6.40. The van der Waals surface area contributed by atoms with Gasteiger partial charge in [-0.2, -0.15) is 0 Å². The Kier molecular flexibility index (Phi) is 12.6. The van der Waals surface area contributed by atoms with Gasteiger partial charge in [-0.1, -0.05) is 0 Å². The van der Waals surface area contributed by atoms with Gasteiger partial charge in [0.2, 0.25) is 0 Å². The molecule has 4 fully saturated rings. The molecule has 0 saturated carbocycles. The topological polar surface area (TPSA) is 139 Å². The summed E-state index contributed by atoms with van der Waals surface area (Å²) in [6.07, 6.45) is 0. The van der Waals surface area contributed by atoms with Gasteiger partial charge in [0.1, 0.15) is 0 Å². The molecule has 1 aromatic carbocycles. The first kappa shape index (κ1) is 39.0.